The van der Waals surface area contributed by atoms with Crippen LogP contribution in [0.15, 0.2) is 21.9 Å². The predicted molar refractivity (Wildman–Crippen MR) is 60.7 cm³/mol. The lowest BCUT2D eigenvalue weighted by atomic mass is 10.2. The summed E-state index contributed by atoms with van der Waals surface area (Å²) in [6.07, 6.45) is -0.250. The summed E-state index contributed by atoms with van der Waals surface area (Å²) in [7, 11) is 0. The molecule has 1 fully saturated rings. The van der Waals surface area contributed by atoms with E-state index < -0.39 is 23.6 Å². The van der Waals surface area contributed by atoms with Crippen LogP contribution < -0.4 is 11.2 Å². The highest BCUT2D eigenvalue weighted by atomic mass is 79.9. The van der Waals surface area contributed by atoms with Gasteiger partial charge in [-0.1, -0.05) is 0 Å². The van der Waals surface area contributed by atoms with Crippen LogP contribution >= 0.6 is 16.3 Å². The minimum atomic E-state index is -0.814. The van der Waals surface area contributed by atoms with Gasteiger partial charge in [0.25, 0.3) is 5.56 Å². The van der Waals surface area contributed by atoms with E-state index in [1.165, 1.54) is 12.3 Å². The molecule has 0 radical (unpaired) electrons. The number of aromatic nitrogens is 2. The lowest BCUT2D eigenvalue weighted by Crippen LogP contribution is -2.34. The molecule has 0 aliphatic carbocycles. The van der Waals surface area contributed by atoms with Crippen molar-refractivity contribution in [1.29, 1.82) is 0 Å². The highest BCUT2D eigenvalue weighted by Gasteiger charge is 2.35. The number of rotatable bonds is 3. The molecule has 0 saturated carbocycles. The van der Waals surface area contributed by atoms with E-state index in [1.807, 2.05) is 0 Å². The first-order valence-electron chi connectivity index (χ1n) is 5.00. The molecule has 94 valence electrons. The van der Waals surface area contributed by atoms with Crippen LogP contribution in [-0.2, 0) is 8.57 Å². The molecule has 1 aliphatic rings. The first-order valence-corrected chi connectivity index (χ1v) is 5.65. The number of aliphatic hydroxyl groups excluding tert-OH is 1. The van der Waals surface area contributed by atoms with Crippen LogP contribution in [0.4, 0.5) is 0 Å². The van der Waals surface area contributed by atoms with Gasteiger partial charge in [-0.15, -0.1) is 0 Å². The normalized spacial score (nSPS) is 28.5. The van der Waals surface area contributed by atoms with E-state index >= 15 is 0 Å². The Bertz CT molecular complexity index is 499. The zero-order chi connectivity index (χ0) is 12.4. The van der Waals surface area contributed by atoms with E-state index in [4.69, 9.17) is 8.57 Å². The molecule has 0 amide bonds. The van der Waals surface area contributed by atoms with Crippen molar-refractivity contribution >= 4 is 16.3 Å². The summed E-state index contributed by atoms with van der Waals surface area (Å²) in [5, 5.41) is 9.79. The summed E-state index contributed by atoms with van der Waals surface area (Å²) in [4.78, 5) is 24.5. The first-order chi connectivity index (χ1) is 8.11. The molecule has 0 bridgehead atoms. The Labute approximate surface area is 104 Å². The Balaban J connectivity index is 2.23. The van der Waals surface area contributed by atoms with Gasteiger partial charge in [0.05, 0.1) is 29.0 Å². The van der Waals surface area contributed by atoms with Gasteiger partial charge in [-0.25, -0.2) is 4.79 Å². The van der Waals surface area contributed by atoms with Crippen LogP contribution in [0.2, 0.25) is 0 Å². The molecule has 1 aromatic rings. The third-order valence-corrected chi connectivity index (χ3v) is 2.80. The minimum absolute atomic E-state index is 0.270. The number of H-pyrrole nitrogens is 1. The van der Waals surface area contributed by atoms with E-state index in [9.17, 15) is 14.7 Å². The number of aromatic amines is 1. The molecular formula is C9H11BrN2O5. The number of nitrogens with one attached hydrogen (secondary N) is 1. The molecule has 1 aromatic heterocycles. The summed E-state index contributed by atoms with van der Waals surface area (Å²) in [5.41, 5.74) is -1.10. The molecule has 8 heteroatoms. The molecular weight excluding hydrogens is 296 g/mol. The Morgan fingerprint density at radius 2 is 2.41 bits per heavy atom. The summed E-state index contributed by atoms with van der Waals surface area (Å²) < 4.78 is 11.3. The second-order valence-corrected chi connectivity index (χ2v) is 4.20. The van der Waals surface area contributed by atoms with Crippen molar-refractivity contribution in [2.24, 2.45) is 0 Å². The standard InChI is InChI=1S/C9H11BrN2O5/c10-16-4-5-3-6(13)8(17-5)12-2-1-7(14)11-9(12)15/h1-2,5-6,8,13H,3-4H2,(H,11,14,15)/t5-,6?,8+/m1/s1. The van der Waals surface area contributed by atoms with Crippen LogP contribution in [0.1, 0.15) is 12.6 Å². The molecule has 1 aliphatic heterocycles. The van der Waals surface area contributed by atoms with Crippen LogP contribution in [0.5, 0.6) is 0 Å². The maximum atomic E-state index is 11.5. The monoisotopic (exact) mass is 306 g/mol. The average Bonchev–Trinajstić information content (AvgIpc) is 2.60. The van der Waals surface area contributed by atoms with Gasteiger partial charge in [-0.2, -0.15) is 0 Å². The number of aliphatic hydroxyl groups is 1. The minimum Gasteiger partial charge on any atom is -0.388 e. The fraction of sp³-hybridized carbons (Fsp3) is 0.556. The van der Waals surface area contributed by atoms with Crippen LogP contribution in [0.3, 0.4) is 0 Å². The zero-order valence-corrected chi connectivity index (χ0v) is 10.3. The largest absolute Gasteiger partial charge is 0.388 e. The summed E-state index contributed by atoms with van der Waals surface area (Å²) in [6.45, 7) is 0.270. The fourth-order valence-electron chi connectivity index (χ4n) is 1.79. The molecule has 0 aromatic carbocycles. The third kappa shape index (κ3) is 2.65. The van der Waals surface area contributed by atoms with Crippen molar-refractivity contribution in [2.45, 2.75) is 24.9 Å². The van der Waals surface area contributed by atoms with Gasteiger partial charge in [0, 0.05) is 18.7 Å². The maximum Gasteiger partial charge on any atom is 0.330 e. The van der Waals surface area contributed by atoms with E-state index in [2.05, 4.69) is 21.2 Å². The second kappa shape index (κ2) is 5.13. The smallest absolute Gasteiger partial charge is 0.330 e. The zero-order valence-electron chi connectivity index (χ0n) is 8.71. The molecule has 2 rings (SSSR count). The Morgan fingerprint density at radius 1 is 1.65 bits per heavy atom. The van der Waals surface area contributed by atoms with Crippen molar-refractivity contribution < 1.29 is 13.7 Å². The van der Waals surface area contributed by atoms with Crippen LogP contribution in [0, 0.1) is 0 Å². The fourth-order valence-corrected chi connectivity index (χ4v) is 2.08. The number of halogens is 1. The van der Waals surface area contributed by atoms with E-state index in [1.54, 1.807) is 0 Å². The highest BCUT2D eigenvalue weighted by molar-refractivity contribution is 9.06. The lowest BCUT2D eigenvalue weighted by Gasteiger charge is -2.16. The van der Waals surface area contributed by atoms with E-state index in [0.717, 1.165) is 4.57 Å². The topological polar surface area (TPSA) is 93.5 Å². The van der Waals surface area contributed by atoms with Gasteiger partial charge in [0.15, 0.2) is 6.23 Å². The van der Waals surface area contributed by atoms with Gasteiger partial charge in [-0.3, -0.25) is 14.3 Å². The quantitative estimate of drug-likeness (QED) is 0.786. The predicted octanol–water partition coefficient (Wildman–Crippen LogP) is -0.489. The SMILES string of the molecule is O=c1ccn([C@H]2O[C@@H](COBr)CC2O)c(=O)[nH]1. The number of nitrogens with zero attached hydrogens (tertiary/aromatic N) is 1. The molecule has 7 nitrogen and oxygen atoms in total. The van der Waals surface area contributed by atoms with Crippen LogP contribution in [0.25, 0.3) is 0 Å². The number of hydrogen-bond donors (Lipinski definition) is 2. The average molecular weight is 307 g/mol. The Hall–Kier alpha value is -0.960. The molecule has 1 unspecified atom stereocenters. The number of ether oxygens (including phenoxy) is 1. The first kappa shape index (κ1) is 12.5. The molecule has 2 heterocycles. The molecule has 1 saturated heterocycles. The summed E-state index contributed by atoms with van der Waals surface area (Å²) in [5.74, 6) is 0. The van der Waals surface area contributed by atoms with Gasteiger partial charge in [0.1, 0.15) is 6.10 Å². The van der Waals surface area contributed by atoms with Gasteiger partial charge in [-0.05, 0) is 0 Å². The van der Waals surface area contributed by atoms with Gasteiger partial charge < -0.3 is 13.7 Å². The van der Waals surface area contributed by atoms with Crippen molar-refractivity contribution in [1.82, 2.24) is 9.55 Å². The molecule has 3 atom stereocenters. The van der Waals surface area contributed by atoms with E-state index in [-0.39, 0.29) is 12.7 Å². The molecule has 0 spiro atoms. The highest BCUT2D eigenvalue weighted by Crippen LogP contribution is 2.27. The summed E-state index contributed by atoms with van der Waals surface area (Å²) >= 11 is 2.80. The molecule has 17 heavy (non-hydrogen) atoms. The number of hydrogen-bond acceptors (Lipinski definition) is 5. The van der Waals surface area contributed by atoms with Crippen molar-refractivity contribution in [2.75, 3.05) is 6.61 Å². The second-order valence-electron chi connectivity index (χ2n) is 3.74. The van der Waals surface area contributed by atoms with Crippen molar-refractivity contribution in [3.05, 3.63) is 33.1 Å². The maximum absolute atomic E-state index is 11.5. The lowest BCUT2D eigenvalue weighted by molar-refractivity contribution is -0.0479. The summed E-state index contributed by atoms with van der Waals surface area (Å²) in [6, 6.07) is 1.20. The van der Waals surface area contributed by atoms with E-state index in [0.29, 0.717) is 6.42 Å². The molecule has 2 N–H and O–H groups in total. The van der Waals surface area contributed by atoms with Gasteiger partial charge in [0.2, 0.25) is 0 Å². The van der Waals surface area contributed by atoms with Crippen molar-refractivity contribution in [3.63, 3.8) is 0 Å². The Morgan fingerprint density at radius 3 is 3.06 bits per heavy atom. The van der Waals surface area contributed by atoms with Crippen molar-refractivity contribution in [3.8, 4) is 0 Å². The Kier molecular flexibility index (Phi) is 3.77. The van der Waals surface area contributed by atoms with Crippen LogP contribution in [-0.4, -0.2) is 33.5 Å². The third-order valence-electron chi connectivity index (χ3n) is 2.54. The van der Waals surface area contributed by atoms with Gasteiger partial charge >= 0.3 is 5.69 Å².